The van der Waals surface area contributed by atoms with E-state index in [1.54, 1.807) is 0 Å². The summed E-state index contributed by atoms with van der Waals surface area (Å²) >= 11 is 0. The highest BCUT2D eigenvalue weighted by molar-refractivity contribution is 5.57. The highest BCUT2D eigenvalue weighted by Crippen LogP contribution is 2.56. The molecule has 3 heteroatoms. The van der Waals surface area contributed by atoms with Gasteiger partial charge >= 0.3 is 0 Å². The molecule has 1 aliphatic heterocycles. The predicted octanol–water partition coefficient (Wildman–Crippen LogP) is 1.52. The Morgan fingerprint density at radius 1 is 1.30 bits per heavy atom. The molecule has 2 bridgehead atoms. The Bertz CT molecular complexity index is 619. The number of rotatable bonds is 0. The molecule has 1 aromatic carbocycles. The lowest BCUT2D eigenvalue weighted by Gasteiger charge is -2.61. The number of fused-ring (bicyclic) bond motifs is 1. The SMILES string of the molecule is O=C=C1CC[C@@]2(O)[C@H]3Cc4ccccc4[C@@]2(CCN3)C1. The van der Waals surface area contributed by atoms with Crippen molar-refractivity contribution in [2.75, 3.05) is 6.54 Å². The van der Waals surface area contributed by atoms with Crippen LogP contribution >= 0.6 is 0 Å². The predicted molar refractivity (Wildman–Crippen MR) is 76.2 cm³/mol. The van der Waals surface area contributed by atoms with Crippen LogP contribution in [0, 0.1) is 0 Å². The number of benzene rings is 1. The Kier molecular flexibility index (Phi) is 2.50. The summed E-state index contributed by atoms with van der Waals surface area (Å²) in [6.45, 7) is 0.910. The van der Waals surface area contributed by atoms with Crippen molar-refractivity contribution >= 4 is 5.94 Å². The Balaban J connectivity index is 1.97. The second kappa shape index (κ2) is 4.05. The minimum absolute atomic E-state index is 0.111. The van der Waals surface area contributed by atoms with Crippen LogP contribution < -0.4 is 5.32 Å². The molecular weight excluding hydrogens is 250 g/mol. The molecule has 4 rings (SSSR count). The highest BCUT2D eigenvalue weighted by Gasteiger charge is 2.62. The highest BCUT2D eigenvalue weighted by atomic mass is 16.3. The topological polar surface area (TPSA) is 49.3 Å². The van der Waals surface area contributed by atoms with Gasteiger partial charge in [-0.15, -0.1) is 0 Å². The maximum absolute atomic E-state index is 11.4. The number of aliphatic hydroxyl groups is 1. The molecule has 0 aromatic heterocycles. The van der Waals surface area contributed by atoms with E-state index in [0.29, 0.717) is 19.3 Å². The average molecular weight is 269 g/mol. The van der Waals surface area contributed by atoms with Gasteiger partial charge in [0.05, 0.1) is 5.60 Å². The molecule has 3 aliphatic rings. The van der Waals surface area contributed by atoms with Crippen molar-refractivity contribution in [1.29, 1.82) is 0 Å². The average Bonchev–Trinajstić information content (AvgIpc) is 2.46. The van der Waals surface area contributed by atoms with E-state index in [-0.39, 0.29) is 11.5 Å². The van der Waals surface area contributed by atoms with Crippen LogP contribution in [0.4, 0.5) is 0 Å². The minimum Gasteiger partial charge on any atom is -0.387 e. The van der Waals surface area contributed by atoms with Crippen LogP contribution in [0.1, 0.15) is 36.8 Å². The molecule has 1 saturated heterocycles. The van der Waals surface area contributed by atoms with Gasteiger partial charge in [-0.2, -0.15) is 0 Å². The summed E-state index contributed by atoms with van der Waals surface area (Å²) in [6.07, 6.45) is 3.80. The molecule has 1 aromatic rings. The Labute approximate surface area is 118 Å². The summed E-state index contributed by atoms with van der Waals surface area (Å²) in [5.74, 6) is 2.12. The van der Waals surface area contributed by atoms with Crippen LogP contribution in [0.3, 0.4) is 0 Å². The first-order valence-corrected chi connectivity index (χ1v) is 7.47. The van der Waals surface area contributed by atoms with Crippen molar-refractivity contribution in [2.45, 2.75) is 49.2 Å². The van der Waals surface area contributed by atoms with Gasteiger partial charge in [-0.05, 0) is 49.8 Å². The van der Waals surface area contributed by atoms with E-state index >= 15 is 0 Å². The van der Waals surface area contributed by atoms with Crippen molar-refractivity contribution < 1.29 is 9.90 Å². The zero-order chi connectivity index (χ0) is 13.8. The van der Waals surface area contributed by atoms with Crippen LogP contribution in [-0.4, -0.2) is 29.2 Å². The zero-order valence-electron chi connectivity index (χ0n) is 11.5. The van der Waals surface area contributed by atoms with E-state index in [9.17, 15) is 9.90 Å². The van der Waals surface area contributed by atoms with E-state index < -0.39 is 5.60 Å². The van der Waals surface area contributed by atoms with E-state index in [0.717, 1.165) is 25.0 Å². The normalized spacial score (nSPS) is 38.6. The van der Waals surface area contributed by atoms with Gasteiger partial charge in [0.15, 0.2) is 0 Å². The Hall–Kier alpha value is -1.41. The third-order valence-electron chi connectivity index (χ3n) is 5.77. The lowest BCUT2D eigenvalue weighted by Crippen LogP contribution is -2.71. The van der Waals surface area contributed by atoms with E-state index in [1.165, 1.54) is 11.1 Å². The summed E-state index contributed by atoms with van der Waals surface area (Å²) in [5.41, 5.74) is 2.41. The molecule has 104 valence electrons. The standard InChI is InChI=1S/C17H19NO2/c19-11-12-5-6-17(20)15-9-13-3-1-2-4-14(13)16(17,10-12)7-8-18-15/h1-4,15,18,20H,5-10H2/t15-,16-,17-/m1/s1. The summed E-state index contributed by atoms with van der Waals surface area (Å²) in [4.78, 5) is 11.1. The maximum Gasteiger partial charge on any atom is 0.123 e. The Morgan fingerprint density at radius 2 is 2.15 bits per heavy atom. The first kappa shape index (κ1) is 12.3. The van der Waals surface area contributed by atoms with Gasteiger partial charge < -0.3 is 10.4 Å². The fourth-order valence-electron chi connectivity index (χ4n) is 4.80. The van der Waals surface area contributed by atoms with E-state index in [1.807, 2.05) is 0 Å². The second-order valence-corrected chi connectivity index (χ2v) is 6.51. The van der Waals surface area contributed by atoms with Gasteiger partial charge in [-0.25, -0.2) is 4.79 Å². The molecule has 0 spiro atoms. The molecule has 0 amide bonds. The smallest absolute Gasteiger partial charge is 0.123 e. The molecule has 2 N–H and O–H groups in total. The van der Waals surface area contributed by atoms with Crippen molar-refractivity contribution in [3.8, 4) is 0 Å². The number of hydrogen-bond donors (Lipinski definition) is 2. The van der Waals surface area contributed by atoms with Gasteiger partial charge in [0.25, 0.3) is 0 Å². The number of piperidine rings is 1. The fourth-order valence-corrected chi connectivity index (χ4v) is 4.80. The van der Waals surface area contributed by atoms with Crippen LogP contribution in [0.25, 0.3) is 0 Å². The lowest BCUT2D eigenvalue weighted by atomic mass is 9.49. The number of hydrogen-bond acceptors (Lipinski definition) is 3. The van der Waals surface area contributed by atoms with Crippen molar-refractivity contribution in [2.24, 2.45) is 0 Å². The molecular formula is C17H19NO2. The Morgan fingerprint density at radius 3 is 3.00 bits per heavy atom. The van der Waals surface area contributed by atoms with E-state index in [2.05, 4.69) is 35.5 Å². The van der Waals surface area contributed by atoms with Crippen LogP contribution in [0.5, 0.6) is 0 Å². The summed E-state index contributed by atoms with van der Waals surface area (Å²) in [6, 6.07) is 8.54. The molecule has 3 nitrogen and oxygen atoms in total. The van der Waals surface area contributed by atoms with Crippen LogP contribution in [-0.2, 0) is 16.6 Å². The first-order valence-electron chi connectivity index (χ1n) is 7.47. The summed E-state index contributed by atoms with van der Waals surface area (Å²) in [7, 11) is 0. The molecule has 2 aliphatic carbocycles. The largest absolute Gasteiger partial charge is 0.387 e. The first-order chi connectivity index (χ1) is 9.69. The van der Waals surface area contributed by atoms with Gasteiger partial charge in [0.2, 0.25) is 0 Å². The number of carbonyl (C=O) groups excluding carboxylic acids is 1. The molecule has 0 radical (unpaired) electrons. The van der Waals surface area contributed by atoms with Crippen LogP contribution in [0.2, 0.25) is 0 Å². The van der Waals surface area contributed by atoms with Crippen LogP contribution in [0.15, 0.2) is 29.8 Å². The number of allylic oxidation sites excluding steroid dienone is 1. The summed E-state index contributed by atoms with van der Waals surface area (Å²) in [5, 5.41) is 14.9. The lowest BCUT2D eigenvalue weighted by molar-refractivity contribution is -0.115. The minimum atomic E-state index is -0.722. The third kappa shape index (κ3) is 1.35. The van der Waals surface area contributed by atoms with Crippen molar-refractivity contribution in [3.05, 3.63) is 41.0 Å². The number of nitrogens with one attached hydrogen (secondary N) is 1. The zero-order valence-corrected chi connectivity index (χ0v) is 11.5. The molecule has 1 heterocycles. The molecule has 20 heavy (non-hydrogen) atoms. The fraction of sp³-hybridized carbons (Fsp3) is 0.529. The third-order valence-corrected chi connectivity index (χ3v) is 5.77. The molecule has 1 saturated carbocycles. The molecule has 3 atom stereocenters. The van der Waals surface area contributed by atoms with Crippen molar-refractivity contribution in [3.63, 3.8) is 0 Å². The van der Waals surface area contributed by atoms with Gasteiger partial charge in [-0.1, -0.05) is 24.3 Å². The molecule has 2 fully saturated rings. The van der Waals surface area contributed by atoms with Gasteiger partial charge in [0.1, 0.15) is 5.94 Å². The monoisotopic (exact) mass is 269 g/mol. The van der Waals surface area contributed by atoms with E-state index in [4.69, 9.17) is 0 Å². The van der Waals surface area contributed by atoms with Gasteiger partial charge in [0, 0.05) is 17.0 Å². The van der Waals surface area contributed by atoms with Gasteiger partial charge in [-0.3, -0.25) is 0 Å². The molecule has 0 unspecified atom stereocenters. The second-order valence-electron chi connectivity index (χ2n) is 6.51. The van der Waals surface area contributed by atoms with Crippen molar-refractivity contribution in [1.82, 2.24) is 5.32 Å². The summed E-state index contributed by atoms with van der Waals surface area (Å²) < 4.78 is 0. The quantitative estimate of drug-likeness (QED) is 0.702. The maximum atomic E-state index is 11.4.